The molecule has 0 aliphatic carbocycles. The minimum absolute atomic E-state index is 0.538. The predicted molar refractivity (Wildman–Crippen MR) is 103 cm³/mol. The molecule has 0 aliphatic heterocycles. The van der Waals surface area contributed by atoms with Gasteiger partial charge in [-0.3, -0.25) is 0 Å². The molecule has 3 heteroatoms. The number of hydrogen-bond acceptors (Lipinski definition) is 2. The molecule has 0 bridgehead atoms. The van der Waals surface area contributed by atoms with E-state index in [0.29, 0.717) is 6.61 Å². The van der Waals surface area contributed by atoms with Crippen LogP contribution in [0.25, 0.3) is 6.08 Å². The van der Waals surface area contributed by atoms with E-state index in [0.717, 1.165) is 40.5 Å². The largest absolute Gasteiger partial charge is 0.489 e. The molecular formula is C23H20O3. The molecule has 130 valence electrons. The van der Waals surface area contributed by atoms with Gasteiger partial charge in [0, 0.05) is 12.5 Å². The Morgan fingerprint density at radius 1 is 0.846 bits per heavy atom. The normalized spacial score (nSPS) is 10.8. The molecule has 0 spiro atoms. The maximum atomic E-state index is 10.6. The van der Waals surface area contributed by atoms with Gasteiger partial charge in [-0.25, -0.2) is 4.79 Å². The fourth-order valence-electron chi connectivity index (χ4n) is 2.66. The first kappa shape index (κ1) is 17.5. The van der Waals surface area contributed by atoms with Crippen molar-refractivity contribution in [2.45, 2.75) is 13.0 Å². The van der Waals surface area contributed by atoms with Crippen molar-refractivity contribution in [3.8, 4) is 5.75 Å². The second-order valence-electron chi connectivity index (χ2n) is 5.97. The van der Waals surface area contributed by atoms with E-state index in [1.807, 2.05) is 72.8 Å². The summed E-state index contributed by atoms with van der Waals surface area (Å²) in [5.74, 6) is -0.0650. The number of ether oxygens (including phenoxy) is 1. The first-order chi connectivity index (χ1) is 12.7. The van der Waals surface area contributed by atoms with Crippen molar-refractivity contribution < 1.29 is 14.6 Å². The molecule has 3 aromatic rings. The van der Waals surface area contributed by atoms with Crippen molar-refractivity contribution in [2.75, 3.05) is 0 Å². The number of rotatable bonds is 7. The zero-order valence-electron chi connectivity index (χ0n) is 14.3. The first-order valence-corrected chi connectivity index (χ1v) is 8.45. The van der Waals surface area contributed by atoms with Crippen LogP contribution in [0.5, 0.6) is 5.75 Å². The zero-order valence-corrected chi connectivity index (χ0v) is 14.3. The molecule has 0 aromatic heterocycles. The predicted octanol–water partition coefficient (Wildman–Crippen LogP) is 4.95. The van der Waals surface area contributed by atoms with Gasteiger partial charge in [-0.1, -0.05) is 72.8 Å². The zero-order chi connectivity index (χ0) is 18.2. The number of carboxylic acid groups (broad SMARTS) is 1. The van der Waals surface area contributed by atoms with E-state index < -0.39 is 5.97 Å². The van der Waals surface area contributed by atoms with Crippen molar-refractivity contribution in [3.05, 3.63) is 107 Å². The Hall–Kier alpha value is -3.33. The highest BCUT2D eigenvalue weighted by Crippen LogP contribution is 2.23. The summed E-state index contributed by atoms with van der Waals surface area (Å²) < 4.78 is 6.01. The van der Waals surface area contributed by atoms with Crippen LogP contribution < -0.4 is 4.74 Å². The molecule has 0 amide bonds. The van der Waals surface area contributed by atoms with E-state index in [1.54, 1.807) is 6.08 Å². The van der Waals surface area contributed by atoms with Gasteiger partial charge < -0.3 is 9.84 Å². The highest BCUT2D eigenvalue weighted by atomic mass is 16.5. The van der Waals surface area contributed by atoms with Crippen LogP contribution in [0.15, 0.2) is 84.9 Å². The second kappa shape index (κ2) is 8.67. The Labute approximate surface area is 153 Å². The number of aliphatic carboxylic acids is 1. The Kier molecular flexibility index (Phi) is 5.84. The van der Waals surface area contributed by atoms with Crippen LogP contribution in [0.4, 0.5) is 0 Å². The highest BCUT2D eigenvalue weighted by molar-refractivity contribution is 5.85. The van der Waals surface area contributed by atoms with Gasteiger partial charge in [0.1, 0.15) is 12.4 Å². The van der Waals surface area contributed by atoms with Crippen molar-refractivity contribution in [3.63, 3.8) is 0 Å². The maximum Gasteiger partial charge on any atom is 0.328 e. The number of carbonyl (C=O) groups is 1. The highest BCUT2D eigenvalue weighted by Gasteiger charge is 2.05. The Bertz CT molecular complexity index is 881. The molecule has 0 fully saturated rings. The number of hydrogen-bond donors (Lipinski definition) is 1. The van der Waals surface area contributed by atoms with Gasteiger partial charge in [0.2, 0.25) is 0 Å². The number of para-hydroxylation sites is 1. The van der Waals surface area contributed by atoms with Gasteiger partial charge in [0.05, 0.1) is 0 Å². The Morgan fingerprint density at radius 2 is 1.54 bits per heavy atom. The lowest BCUT2D eigenvalue weighted by Crippen LogP contribution is -1.99. The van der Waals surface area contributed by atoms with Crippen molar-refractivity contribution in [1.82, 2.24) is 0 Å². The Morgan fingerprint density at radius 3 is 2.27 bits per heavy atom. The van der Waals surface area contributed by atoms with Crippen LogP contribution in [0, 0.1) is 0 Å². The molecule has 26 heavy (non-hydrogen) atoms. The van der Waals surface area contributed by atoms with Crippen LogP contribution in [0.2, 0.25) is 0 Å². The number of benzene rings is 3. The monoisotopic (exact) mass is 344 g/mol. The third-order valence-electron chi connectivity index (χ3n) is 4.00. The molecule has 0 aliphatic rings. The lowest BCUT2D eigenvalue weighted by molar-refractivity contribution is -0.131. The summed E-state index contributed by atoms with van der Waals surface area (Å²) in [6, 6.07) is 26.0. The summed E-state index contributed by atoms with van der Waals surface area (Å²) in [7, 11) is 0. The van der Waals surface area contributed by atoms with Gasteiger partial charge >= 0.3 is 5.97 Å². The second-order valence-corrected chi connectivity index (χ2v) is 5.97. The van der Waals surface area contributed by atoms with Crippen LogP contribution >= 0.6 is 0 Å². The SMILES string of the molecule is O=C(O)/C=C/c1ccc(Cc2ccccc2OCc2ccccc2)cc1. The topological polar surface area (TPSA) is 46.5 Å². The molecule has 0 radical (unpaired) electrons. The summed E-state index contributed by atoms with van der Waals surface area (Å²) >= 11 is 0. The molecule has 0 heterocycles. The van der Waals surface area contributed by atoms with E-state index in [4.69, 9.17) is 9.84 Å². The van der Waals surface area contributed by atoms with Crippen molar-refractivity contribution >= 4 is 12.0 Å². The summed E-state index contributed by atoms with van der Waals surface area (Å²) in [5.41, 5.74) is 4.27. The lowest BCUT2D eigenvalue weighted by Gasteiger charge is -2.12. The van der Waals surface area contributed by atoms with E-state index in [9.17, 15) is 4.79 Å². The van der Waals surface area contributed by atoms with E-state index >= 15 is 0 Å². The van der Waals surface area contributed by atoms with Gasteiger partial charge in [-0.15, -0.1) is 0 Å². The number of carboxylic acids is 1. The van der Waals surface area contributed by atoms with E-state index in [1.165, 1.54) is 0 Å². The fraction of sp³-hybridized carbons (Fsp3) is 0.0870. The van der Waals surface area contributed by atoms with Crippen molar-refractivity contribution in [2.24, 2.45) is 0 Å². The van der Waals surface area contributed by atoms with Gasteiger partial charge in [0.15, 0.2) is 0 Å². The molecule has 3 rings (SSSR count). The summed E-state index contributed by atoms with van der Waals surface area (Å²) in [5, 5.41) is 8.69. The molecule has 3 aromatic carbocycles. The van der Waals surface area contributed by atoms with Crippen LogP contribution in [0.3, 0.4) is 0 Å². The van der Waals surface area contributed by atoms with E-state index in [-0.39, 0.29) is 0 Å². The average molecular weight is 344 g/mol. The molecular weight excluding hydrogens is 324 g/mol. The maximum absolute atomic E-state index is 10.6. The summed E-state index contributed by atoms with van der Waals surface area (Å²) in [4.78, 5) is 10.6. The third kappa shape index (κ3) is 5.08. The molecule has 0 atom stereocenters. The van der Waals surface area contributed by atoms with Gasteiger partial charge in [-0.05, 0) is 34.4 Å². The average Bonchev–Trinajstić information content (AvgIpc) is 2.67. The molecule has 1 N–H and O–H groups in total. The van der Waals surface area contributed by atoms with Gasteiger partial charge in [0.25, 0.3) is 0 Å². The van der Waals surface area contributed by atoms with Gasteiger partial charge in [-0.2, -0.15) is 0 Å². The minimum Gasteiger partial charge on any atom is -0.489 e. The molecule has 0 saturated heterocycles. The van der Waals surface area contributed by atoms with E-state index in [2.05, 4.69) is 6.07 Å². The minimum atomic E-state index is -0.946. The third-order valence-corrected chi connectivity index (χ3v) is 4.00. The smallest absolute Gasteiger partial charge is 0.328 e. The van der Waals surface area contributed by atoms with Crippen LogP contribution in [0.1, 0.15) is 22.3 Å². The van der Waals surface area contributed by atoms with Crippen molar-refractivity contribution in [1.29, 1.82) is 0 Å². The Balaban J connectivity index is 1.69. The standard InChI is InChI=1S/C23H20O3/c24-23(25)15-14-18-10-12-19(13-11-18)16-21-8-4-5-9-22(21)26-17-20-6-2-1-3-7-20/h1-15H,16-17H2,(H,24,25)/b15-14+. The molecule has 0 unspecified atom stereocenters. The fourth-order valence-corrected chi connectivity index (χ4v) is 2.66. The molecule has 0 saturated carbocycles. The quantitative estimate of drug-likeness (QED) is 0.617. The molecule has 3 nitrogen and oxygen atoms in total. The van der Waals surface area contributed by atoms with Crippen LogP contribution in [-0.2, 0) is 17.8 Å². The summed E-state index contributed by atoms with van der Waals surface area (Å²) in [6.07, 6.45) is 3.48. The lowest BCUT2D eigenvalue weighted by atomic mass is 10.0. The van der Waals surface area contributed by atoms with Crippen LogP contribution in [-0.4, -0.2) is 11.1 Å². The first-order valence-electron chi connectivity index (χ1n) is 8.45. The summed E-state index contributed by atoms with van der Waals surface area (Å²) in [6.45, 7) is 0.538.